The third kappa shape index (κ3) is 6.70. The van der Waals surface area contributed by atoms with E-state index in [4.69, 9.17) is 9.47 Å². The molecule has 1 saturated heterocycles. The molecule has 1 heterocycles. The van der Waals surface area contributed by atoms with Gasteiger partial charge < -0.3 is 14.6 Å². The maximum atomic E-state index is 12.5. The molecule has 0 unspecified atom stereocenters. The molecule has 1 fully saturated rings. The van der Waals surface area contributed by atoms with Crippen molar-refractivity contribution in [3.05, 3.63) is 89.5 Å². The van der Waals surface area contributed by atoms with Crippen LogP contribution in [0, 0.1) is 0 Å². The molecule has 1 aliphatic heterocycles. The highest BCUT2D eigenvalue weighted by molar-refractivity contribution is 7.99. The van der Waals surface area contributed by atoms with E-state index in [0.717, 1.165) is 47.2 Å². The molecule has 170 valence electrons. The highest BCUT2D eigenvalue weighted by Gasteiger charge is 2.15. The van der Waals surface area contributed by atoms with Gasteiger partial charge in [0.1, 0.15) is 17.6 Å². The predicted molar refractivity (Wildman–Crippen MR) is 127 cm³/mol. The maximum absolute atomic E-state index is 12.5. The van der Waals surface area contributed by atoms with Crippen LogP contribution in [0.25, 0.3) is 0 Å². The SMILES string of the molecule is O=C(Cc1ccc(Sc2ccc(OC3CCOCC3)cc2)cc1)Cc1ccccc1C(=O)O. The normalized spacial score (nSPS) is 14.1. The molecule has 1 N–H and O–H groups in total. The Morgan fingerprint density at radius 1 is 0.879 bits per heavy atom. The van der Waals surface area contributed by atoms with Crippen LogP contribution in [0.3, 0.4) is 0 Å². The number of carboxylic acids is 1. The lowest BCUT2D eigenvalue weighted by molar-refractivity contribution is -0.117. The van der Waals surface area contributed by atoms with E-state index < -0.39 is 5.97 Å². The lowest BCUT2D eigenvalue weighted by Crippen LogP contribution is -2.25. The van der Waals surface area contributed by atoms with Crippen LogP contribution in [0.5, 0.6) is 5.75 Å². The molecule has 0 saturated carbocycles. The summed E-state index contributed by atoms with van der Waals surface area (Å²) in [6.07, 6.45) is 2.47. The van der Waals surface area contributed by atoms with E-state index in [2.05, 4.69) is 12.1 Å². The van der Waals surface area contributed by atoms with Crippen molar-refractivity contribution in [2.75, 3.05) is 13.2 Å². The zero-order valence-electron chi connectivity index (χ0n) is 18.2. The van der Waals surface area contributed by atoms with Crippen LogP contribution < -0.4 is 4.74 Å². The lowest BCUT2D eigenvalue weighted by atomic mass is 9.99. The molecule has 0 spiro atoms. The van der Waals surface area contributed by atoms with Crippen molar-refractivity contribution < 1.29 is 24.2 Å². The Kier molecular flexibility index (Phi) is 7.81. The van der Waals surface area contributed by atoms with E-state index >= 15 is 0 Å². The van der Waals surface area contributed by atoms with Crippen LogP contribution >= 0.6 is 11.8 Å². The Bertz CT molecular complexity index is 1090. The van der Waals surface area contributed by atoms with Crippen molar-refractivity contribution in [1.82, 2.24) is 0 Å². The average molecular weight is 463 g/mol. The van der Waals surface area contributed by atoms with Crippen LogP contribution in [-0.2, 0) is 22.4 Å². The molecular formula is C27H26O5S. The number of aromatic carboxylic acids is 1. The minimum absolute atomic E-state index is 0.00998. The number of Topliss-reactive ketones (excluding diaryl/α,β-unsaturated/α-hetero) is 1. The van der Waals surface area contributed by atoms with E-state index in [1.807, 2.05) is 36.4 Å². The summed E-state index contributed by atoms with van der Waals surface area (Å²) >= 11 is 1.65. The second-order valence-electron chi connectivity index (χ2n) is 8.00. The number of ether oxygens (including phenoxy) is 2. The third-order valence-corrected chi connectivity index (χ3v) is 6.51. The fraction of sp³-hybridized carbons (Fsp3) is 0.259. The van der Waals surface area contributed by atoms with Crippen LogP contribution in [0.15, 0.2) is 82.6 Å². The van der Waals surface area contributed by atoms with Crippen LogP contribution in [-0.4, -0.2) is 36.2 Å². The molecule has 4 rings (SSSR count). The van der Waals surface area contributed by atoms with E-state index in [1.54, 1.807) is 30.0 Å². The van der Waals surface area contributed by atoms with Crippen LogP contribution in [0.1, 0.15) is 34.3 Å². The van der Waals surface area contributed by atoms with Crippen LogP contribution in [0.2, 0.25) is 0 Å². The zero-order valence-corrected chi connectivity index (χ0v) is 19.1. The number of ketones is 1. The molecule has 33 heavy (non-hydrogen) atoms. The maximum Gasteiger partial charge on any atom is 0.335 e. The number of carbonyl (C=O) groups is 2. The summed E-state index contributed by atoms with van der Waals surface area (Å²) in [4.78, 5) is 26.0. The number of rotatable bonds is 9. The Labute approximate surface area is 197 Å². The van der Waals surface area contributed by atoms with E-state index in [0.29, 0.717) is 5.56 Å². The summed E-state index contributed by atoms with van der Waals surface area (Å²) in [6, 6.07) is 22.7. The number of carbonyl (C=O) groups excluding carboxylic acids is 1. The standard InChI is InChI=1S/C27H26O5S/c28-21(18-20-3-1-2-4-26(20)27(29)30)17-19-5-9-24(10-6-19)33-25-11-7-22(8-12-25)32-23-13-15-31-16-14-23/h1-12,23H,13-18H2,(H,29,30). The summed E-state index contributed by atoms with van der Waals surface area (Å²) < 4.78 is 11.4. The van der Waals surface area contributed by atoms with Gasteiger partial charge in [-0.15, -0.1) is 0 Å². The van der Waals surface area contributed by atoms with Crippen molar-refractivity contribution in [1.29, 1.82) is 0 Å². The first-order valence-corrected chi connectivity index (χ1v) is 11.8. The highest BCUT2D eigenvalue weighted by Crippen LogP contribution is 2.30. The second-order valence-corrected chi connectivity index (χ2v) is 9.15. The van der Waals surface area contributed by atoms with Crippen molar-refractivity contribution in [2.45, 2.75) is 41.6 Å². The Hall–Kier alpha value is -3.09. The van der Waals surface area contributed by atoms with E-state index in [1.165, 1.54) is 6.07 Å². The molecule has 5 nitrogen and oxygen atoms in total. The molecule has 0 atom stereocenters. The van der Waals surface area contributed by atoms with Gasteiger partial charge in [-0.2, -0.15) is 0 Å². The minimum Gasteiger partial charge on any atom is -0.490 e. The van der Waals surface area contributed by atoms with Gasteiger partial charge in [-0.25, -0.2) is 4.79 Å². The summed E-state index contributed by atoms with van der Waals surface area (Å²) in [5, 5.41) is 9.28. The summed E-state index contributed by atoms with van der Waals surface area (Å²) in [5.41, 5.74) is 1.64. The van der Waals surface area contributed by atoms with E-state index in [9.17, 15) is 14.7 Å². The highest BCUT2D eigenvalue weighted by atomic mass is 32.2. The fourth-order valence-electron chi connectivity index (χ4n) is 3.77. The fourth-order valence-corrected chi connectivity index (χ4v) is 4.59. The van der Waals surface area contributed by atoms with Gasteiger partial charge in [-0.3, -0.25) is 4.79 Å². The van der Waals surface area contributed by atoms with Crippen LogP contribution in [0.4, 0.5) is 0 Å². The molecule has 0 aliphatic carbocycles. The molecule has 1 aliphatic rings. The van der Waals surface area contributed by atoms with Crippen molar-refractivity contribution in [3.8, 4) is 5.75 Å². The predicted octanol–water partition coefficient (Wildman–Crippen LogP) is 5.45. The topological polar surface area (TPSA) is 72.8 Å². The van der Waals surface area contributed by atoms with Crippen molar-refractivity contribution in [2.24, 2.45) is 0 Å². The molecule has 0 amide bonds. The monoisotopic (exact) mass is 462 g/mol. The first-order valence-electron chi connectivity index (χ1n) is 11.0. The average Bonchev–Trinajstić information content (AvgIpc) is 2.82. The lowest BCUT2D eigenvalue weighted by Gasteiger charge is -2.23. The van der Waals surface area contributed by atoms with Gasteiger partial charge >= 0.3 is 5.97 Å². The van der Waals surface area contributed by atoms with E-state index in [-0.39, 0.29) is 30.3 Å². The molecule has 6 heteroatoms. The molecular weight excluding hydrogens is 436 g/mol. The van der Waals surface area contributed by atoms with Gasteiger partial charge in [0.25, 0.3) is 0 Å². The number of hydrogen-bond donors (Lipinski definition) is 1. The molecule has 0 radical (unpaired) electrons. The zero-order chi connectivity index (χ0) is 23.0. The summed E-state index contributed by atoms with van der Waals surface area (Å²) in [7, 11) is 0. The van der Waals surface area contributed by atoms with Gasteiger partial charge in [-0.1, -0.05) is 42.1 Å². The number of benzene rings is 3. The number of carboxylic acid groups (broad SMARTS) is 1. The largest absolute Gasteiger partial charge is 0.490 e. The quantitative estimate of drug-likeness (QED) is 0.456. The molecule has 3 aromatic carbocycles. The molecule has 0 bridgehead atoms. The van der Waals surface area contributed by atoms with Gasteiger partial charge in [-0.05, 0) is 53.6 Å². The van der Waals surface area contributed by atoms with Crippen molar-refractivity contribution in [3.63, 3.8) is 0 Å². The number of hydrogen-bond acceptors (Lipinski definition) is 5. The minimum atomic E-state index is -1.01. The summed E-state index contributed by atoms with van der Waals surface area (Å²) in [5.74, 6) is -0.142. The van der Waals surface area contributed by atoms with Gasteiger partial charge in [0.2, 0.25) is 0 Å². The van der Waals surface area contributed by atoms with Gasteiger partial charge in [0, 0.05) is 35.5 Å². The second kappa shape index (κ2) is 11.2. The first-order chi connectivity index (χ1) is 16.1. The Morgan fingerprint density at radius 2 is 1.52 bits per heavy atom. The Balaban J connectivity index is 1.30. The first kappa shape index (κ1) is 23.1. The summed E-state index contributed by atoms with van der Waals surface area (Å²) in [6.45, 7) is 1.52. The van der Waals surface area contributed by atoms with Gasteiger partial charge in [0.05, 0.1) is 18.8 Å². The third-order valence-electron chi connectivity index (χ3n) is 5.49. The van der Waals surface area contributed by atoms with Crippen molar-refractivity contribution >= 4 is 23.5 Å². The Morgan fingerprint density at radius 3 is 2.18 bits per heavy atom. The molecule has 3 aromatic rings. The van der Waals surface area contributed by atoms with Gasteiger partial charge in [0.15, 0.2) is 0 Å². The molecule has 0 aromatic heterocycles. The smallest absolute Gasteiger partial charge is 0.335 e.